The Balaban J connectivity index is 1.86. The maximum Gasteiger partial charge on any atom is 0.355 e. The highest BCUT2D eigenvalue weighted by Gasteiger charge is 2.20. The number of nitrogens with zero attached hydrogens (tertiary/aromatic N) is 2. The Hall–Kier alpha value is -2.92. The van der Waals surface area contributed by atoms with E-state index in [9.17, 15) is 14.4 Å². The van der Waals surface area contributed by atoms with E-state index >= 15 is 0 Å². The van der Waals surface area contributed by atoms with Crippen molar-refractivity contribution in [1.29, 1.82) is 5.26 Å². The number of ether oxygens (including phenoxy) is 1. The molecule has 2 rings (SSSR count). The molecule has 1 aromatic carbocycles. The van der Waals surface area contributed by atoms with Gasteiger partial charge < -0.3 is 10.1 Å². The lowest BCUT2D eigenvalue weighted by Gasteiger charge is -2.11. The number of carbonyl (C=O) groups is 3. The summed E-state index contributed by atoms with van der Waals surface area (Å²) in [5, 5.41) is 15.0. The van der Waals surface area contributed by atoms with Crippen LogP contribution in [0.3, 0.4) is 0 Å². The third-order valence-corrected chi connectivity index (χ3v) is 3.16. The molecule has 1 aromatic rings. The average molecular weight is 335 g/mol. The average Bonchev–Trinajstić information content (AvgIpc) is 2.53. The van der Waals surface area contributed by atoms with Crippen molar-refractivity contribution in [2.24, 2.45) is 5.10 Å². The molecule has 0 saturated carbocycles. The summed E-state index contributed by atoms with van der Waals surface area (Å²) in [4.78, 5) is 34.3. The second kappa shape index (κ2) is 7.38. The Morgan fingerprint density at radius 1 is 1.43 bits per heavy atom. The molecule has 2 amide bonds. The van der Waals surface area contributed by atoms with Crippen molar-refractivity contribution in [1.82, 2.24) is 5.43 Å². The summed E-state index contributed by atoms with van der Waals surface area (Å²) in [6.07, 6.45) is 0.307. The minimum atomic E-state index is -0.766. The molecule has 1 heterocycles. The van der Waals surface area contributed by atoms with Crippen molar-refractivity contribution in [3.8, 4) is 6.07 Å². The molecule has 0 bridgehead atoms. The van der Waals surface area contributed by atoms with E-state index in [1.807, 2.05) is 6.07 Å². The highest BCUT2D eigenvalue weighted by atomic mass is 35.5. The number of amides is 2. The van der Waals surface area contributed by atoms with Gasteiger partial charge >= 0.3 is 5.97 Å². The van der Waals surface area contributed by atoms with E-state index < -0.39 is 18.5 Å². The lowest BCUT2D eigenvalue weighted by atomic mass is 10.2. The van der Waals surface area contributed by atoms with Gasteiger partial charge in [0.1, 0.15) is 11.8 Å². The first-order valence-electron chi connectivity index (χ1n) is 6.51. The molecular formula is C14H11ClN4O4. The first-order chi connectivity index (χ1) is 11.0. The molecule has 1 aliphatic rings. The van der Waals surface area contributed by atoms with Crippen LogP contribution in [-0.2, 0) is 19.1 Å². The van der Waals surface area contributed by atoms with E-state index in [-0.39, 0.29) is 35.0 Å². The molecule has 23 heavy (non-hydrogen) atoms. The number of carbonyl (C=O) groups excluding carboxylic acids is 3. The summed E-state index contributed by atoms with van der Waals surface area (Å²) < 4.78 is 4.81. The van der Waals surface area contributed by atoms with Crippen LogP contribution in [0.15, 0.2) is 23.3 Å². The van der Waals surface area contributed by atoms with Crippen molar-refractivity contribution in [2.75, 3.05) is 11.9 Å². The van der Waals surface area contributed by atoms with Gasteiger partial charge in [0.05, 0.1) is 10.6 Å². The van der Waals surface area contributed by atoms with Crippen LogP contribution >= 0.6 is 11.6 Å². The van der Waals surface area contributed by atoms with Gasteiger partial charge in [-0.1, -0.05) is 11.6 Å². The summed E-state index contributed by atoms with van der Waals surface area (Å²) in [7, 11) is 0. The van der Waals surface area contributed by atoms with Crippen LogP contribution in [0.1, 0.15) is 18.4 Å². The Morgan fingerprint density at radius 3 is 2.83 bits per heavy atom. The lowest BCUT2D eigenvalue weighted by Crippen LogP contribution is -2.32. The van der Waals surface area contributed by atoms with E-state index in [4.69, 9.17) is 21.6 Å². The largest absolute Gasteiger partial charge is 0.451 e. The van der Waals surface area contributed by atoms with Gasteiger partial charge in [-0.05, 0) is 18.2 Å². The van der Waals surface area contributed by atoms with Gasteiger partial charge in [0, 0.05) is 18.5 Å². The first kappa shape index (κ1) is 16.5. The van der Waals surface area contributed by atoms with Gasteiger partial charge in [0.25, 0.3) is 5.91 Å². The minimum absolute atomic E-state index is 0.0545. The molecule has 0 fully saturated rings. The number of nitriles is 1. The number of hydrogen-bond acceptors (Lipinski definition) is 6. The summed E-state index contributed by atoms with van der Waals surface area (Å²) in [6.45, 7) is -0.510. The Kier molecular flexibility index (Phi) is 5.28. The second-order valence-corrected chi connectivity index (χ2v) is 4.93. The monoisotopic (exact) mass is 334 g/mol. The third kappa shape index (κ3) is 4.52. The number of anilines is 1. The molecule has 8 nitrogen and oxygen atoms in total. The Labute approximate surface area is 136 Å². The van der Waals surface area contributed by atoms with Crippen LogP contribution in [-0.4, -0.2) is 30.1 Å². The molecule has 0 atom stereocenters. The minimum Gasteiger partial charge on any atom is -0.451 e. The third-order valence-electron chi connectivity index (χ3n) is 2.85. The first-order valence-corrected chi connectivity index (χ1v) is 6.89. The van der Waals surface area contributed by atoms with Gasteiger partial charge in [0.2, 0.25) is 5.91 Å². The van der Waals surface area contributed by atoms with Crippen LogP contribution in [0.2, 0.25) is 5.02 Å². The molecule has 9 heteroatoms. The van der Waals surface area contributed by atoms with Gasteiger partial charge in [-0.15, -0.1) is 0 Å². The quantitative estimate of drug-likeness (QED) is 0.794. The zero-order valence-corrected chi connectivity index (χ0v) is 12.5. The SMILES string of the molecule is N#Cc1ccc(NC(=O)COC(=O)C2=NNC(=O)CC2)cc1Cl. The number of halogens is 1. The summed E-state index contributed by atoms with van der Waals surface area (Å²) in [5.41, 5.74) is 2.88. The number of esters is 1. The topological polar surface area (TPSA) is 121 Å². The second-order valence-electron chi connectivity index (χ2n) is 4.52. The standard InChI is InChI=1S/C14H11ClN4O4/c15-10-5-9(2-1-8(10)6-16)17-13(21)7-23-14(22)11-3-4-12(20)19-18-11/h1-2,5H,3-4,7H2,(H,17,21)(H,19,20). The number of nitrogens with one attached hydrogen (secondary N) is 2. The number of hydrogen-bond donors (Lipinski definition) is 2. The van der Waals surface area contributed by atoms with E-state index in [1.54, 1.807) is 0 Å². The van der Waals surface area contributed by atoms with E-state index in [0.29, 0.717) is 5.69 Å². The summed E-state index contributed by atoms with van der Waals surface area (Å²) in [6, 6.07) is 6.28. The fraction of sp³-hybridized carbons (Fsp3) is 0.214. The van der Waals surface area contributed by atoms with Crippen LogP contribution in [0.4, 0.5) is 5.69 Å². The molecular weight excluding hydrogens is 324 g/mol. The zero-order valence-electron chi connectivity index (χ0n) is 11.8. The van der Waals surface area contributed by atoms with Crippen molar-refractivity contribution >= 4 is 40.8 Å². The van der Waals surface area contributed by atoms with Crippen molar-refractivity contribution in [2.45, 2.75) is 12.8 Å². The maximum atomic E-state index is 11.7. The lowest BCUT2D eigenvalue weighted by molar-refractivity contribution is -0.140. The van der Waals surface area contributed by atoms with Crippen molar-refractivity contribution in [3.63, 3.8) is 0 Å². The van der Waals surface area contributed by atoms with Gasteiger partial charge in [-0.25, -0.2) is 10.2 Å². The summed E-state index contributed by atoms with van der Waals surface area (Å²) in [5.74, 6) is -1.62. The van der Waals surface area contributed by atoms with E-state index in [0.717, 1.165) is 0 Å². The molecule has 0 radical (unpaired) electrons. The molecule has 1 aliphatic heterocycles. The van der Waals surface area contributed by atoms with Crippen LogP contribution in [0.5, 0.6) is 0 Å². The van der Waals surface area contributed by atoms with Gasteiger partial charge in [0.15, 0.2) is 6.61 Å². The Bertz CT molecular complexity index is 739. The highest BCUT2D eigenvalue weighted by molar-refractivity contribution is 6.37. The normalized spacial score (nSPS) is 13.4. The van der Waals surface area contributed by atoms with Crippen LogP contribution < -0.4 is 10.7 Å². The smallest absolute Gasteiger partial charge is 0.355 e. The van der Waals surface area contributed by atoms with E-state index in [1.165, 1.54) is 18.2 Å². The zero-order chi connectivity index (χ0) is 16.8. The number of rotatable bonds is 4. The molecule has 118 valence electrons. The fourth-order valence-corrected chi connectivity index (χ4v) is 1.94. The van der Waals surface area contributed by atoms with Gasteiger partial charge in [-0.3, -0.25) is 9.59 Å². The molecule has 0 aliphatic carbocycles. The number of benzene rings is 1. The molecule has 0 unspecified atom stereocenters. The maximum absolute atomic E-state index is 11.7. The fourth-order valence-electron chi connectivity index (χ4n) is 1.72. The van der Waals surface area contributed by atoms with Crippen LogP contribution in [0, 0.1) is 11.3 Å². The van der Waals surface area contributed by atoms with E-state index in [2.05, 4.69) is 15.8 Å². The van der Waals surface area contributed by atoms with Gasteiger partial charge in [-0.2, -0.15) is 10.4 Å². The Morgan fingerprint density at radius 2 is 2.22 bits per heavy atom. The predicted octanol–water partition coefficient (Wildman–Crippen LogP) is 0.959. The number of hydrazone groups is 1. The molecule has 0 spiro atoms. The highest BCUT2D eigenvalue weighted by Crippen LogP contribution is 2.20. The molecule has 2 N–H and O–H groups in total. The predicted molar refractivity (Wildman–Crippen MR) is 80.6 cm³/mol. The van der Waals surface area contributed by atoms with Crippen LogP contribution in [0.25, 0.3) is 0 Å². The van der Waals surface area contributed by atoms with Crippen molar-refractivity contribution in [3.05, 3.63) is 28.8 Å². The van der Waals surface area contributed by atoms with Crippen molar-refractivity contribution < 1.29 is 19.1 Å². The molecule has 0 aromatic heterocycles. The summed E-state index contributed by atoms with van der Waals surface area (Å²) >= 11 is 5.84. The molecule has 0 saturated heterocycles.